The fourth-order valence-electron chi connectivity index (χ4n) is 2.02. The van der Waals surface area contributed by atoms with Crippen LogP contribution < -0.4 is 0 Å². The first-order chi connectivity index (χ1) is 9.24. The van der Waals surface area contributed by atoms with E-state index in [1.807, 2.05) is 6.07 Å². The van der Waals surface area contributed by atoms with Crippen LogP contribution in [-0.2, 0) is 4.79 Å². The minimum Gasteiger partial charge on any atom is -0.303 e. The molecule has 2 rings (SSSR count). The van der Waals surface area contributed by atoms with Crippen LogP contribution in [0, 0.1) is 5.82 Å². The molecule has 2 aromatic carbocycles. The zero-order chi connectivity index (χ0) is 13.7. The first-order valence-corrected chi connectivity index (χ1v) is 6.01. The first kappa shape index (κ1) is 13.1. The van der Waals surface area contributed by atoms with Crippen molar-refractivity contribution in [2.24, 2.45) is 0 Å². The summed E-state index contributed by atoms with van der Waals surface area (Å²) in [5, 5.41) is 0. The normalized spacial score (nSPS) is 11.8. The van der Waals surface area contributed by atoms with E-state index >= 15 is 0 Å². The van der Waals surface area contributed by atoms with E-state index in [1.165, 1.54) is 18.2 Å². The van der Waals surface area contributed by atoms with Gasteiger partial charge in [-0.3, -0.25) is 4.79 Å². The summed E-state index contributed by atoms with van der Waals surface area (Å²) in [6.07, 6.45) is 0.744. The first-order valence-electron chi connectivity index (χ1n) is 6.01. The van der Waals surface area contributed by atoms with E-state index in [0.717, 1.165) is 5.56 Å². The Labute approximate surface area is 110 Å². The molecule has 0 saturated carbocycles. The van der Waals surface area contributed by atoms with Crippen molar-refractivity contribution >= 4 is 12.1 Å². The van der Waals surface area contributed by atoms with Gasteiger partial charge in [0, 0.05) is 6.42 Å². The molecule has 0 unspecified atom stereocenters. The van der Waals surface area contributed by atoms with Crippen LogP contribution in [0.15, 0.2) is 54.6 Å². The lowest BCUT2D eigenvalue weighted by Gasteiger charge is -2.14. The van der Waals surface area contributed by atoms with Crippen LogP contribution in [0.3, 0.4) is 0 Å². The van der Waals surface area contributed by atoms with Gasteiger partial charge in [-0.2, -0.15) is 0 Å². The molecule has 0 amide bonds. The van der Waals surface area contributed by atoms with Crippen LogP contribution in [0.25, 0.3) is 0 Å². The predicted octanol–water partition coefficient (Wildman–Crippen LogP) is 3.38. The van der Waals surface area contributed by atoms with Crippen LogP contribution >= 0.6 is 0 Å². The molecule has 0 aliphatic carbocycles. The Balaban J connectivity index is 2.38. The van der Waals surface area contributed by atoms with Crippen LogP contribution in [0.5, 0.6) is 0 Å². The summed E-state index contributed by atoms with van der Waals surface area (Å²) in [6, 6.07) is 14.8. The van der Waals surface area contributed by atoms with Crippen molar-refractivity contribution in [3.05, 3.63) is 71.5 Å². The molecule has 0 N–H and O–H groups in total. The second kappa shape index (κ2) is 6.05. The number of Topliss-reactive ketones (excluding diaryl/α,β-unsaturated/α-hetero) is 1. The van der Waals surface area contributed by atoms with Crippen LogP contribution in [0.4, 0.5) is 4.39 Å². The molecule has 0 radical (unpaired) electrons. The third-order valence-corrected chi connectivity index (χ3v) is 2.99. The van der Waals surface area contributed by atoms with E-state index < -0.39 is 11.7 Å². The number of hydrogen-bond acceptors (Lipinski definition) is 2. The van der Waals surface area contributed by atoms with Gasteiger partial charge >= 0.3 is 0 Å². The van der Waals surface area contributed by atoms with E-state index in [4.69, 9.17) is 0 Å². The highest BCUT2D eigenvalue weighted by Gasteiger charge is 2.23. The Morgan fingerprint density at radius 1 is 1.05 bits per heavy atom. The number of benzene rings is 2. The molecule has 3 heteroatoms. The van der Waals surface area contributed by atoms with Gasteiger partial charge < -0.3 is 4.79 Å². The molecule has 0 bridgehead atoms. The third kappa shape index (κ3) is 2.94. The number of rotatable bonds is 5. The second-order valence-electron chi connectivity index (χ2n) is 4.21. The Kier molecular flexibility index (Phi) is 4.18. The summed E-state index contributed by atoms with van der Waals surface area (Å²) in [4.78, 5) is 23.1. The maximum Gasteiger partial charge on any atom is 0.173 e. The average molecular weight is 256 g/mol. The highest BCUT2D eigenvalue weighted by Crippen LogP contribution is 2.24. The van der Waals surface area contributed by atoms with Gasteiger partial charge in [0.1, 0.15) is 12.1 Å². The lowest BCUT2D eigenvalue weighted by molar-refractivity contribution is -0.108. The van der Waals surface area contributed by atoms with Crippen LogP contribution in [0.1, 0.15) is 28.3 Å². The lowest BCUT2D eigenvalue weighted by Crippen LogP contribution is -2.15. The summed E-state index contributed by atoms with van der Waals surface area (Å²) in [6.45, 7) is 0. The minimum atomic E-state index is -0.629. The Morgan fingerprint density at radius 2 is 1.68 bits per heavy atom. The Morgan fingerprint density at radius 3 is 2.32 bits per heavy atom. The van der Waals surface area contributed by atoms with E-state index in [1.54, 1.807) is 30.3 Å². The Hall–Kier alpha value is -2.29. The SMILES string of the molecule is O=CC[C@H](C(=O)c1ccccc1F)c1ccccc1. The van der Waals surface area contributed by atoms with Crippen molar-refractivity contribution in [2.45, 2.75) is 12.3 Å². The van der Waals surface area contributed by atoms with Crippen molar-refractivity contribution in [2.75, 3.05) is 0 Å². The molecule has 2 aromatic rings. The van der Waals surface area contributed by atoms with Gasteiger partial charge in [-0.25, -0.2) is 4.39 Å². The summed E-state index contributed by atoms with van der Waals surface area (Å²) < 4.78 is 13.6. The molecule has 0 aliphatic heterocycles. The molecule has 0 heterocycles. The predicted molar refractivity (Wildman–Crippen MR) is 70.6 cm³/mol. The van der Waals surface area contributed by atoms with Crippen molar-refractivity contribution in [1.29, 1.82) is 0 Å². The van der Waals surface area contributed by atoms with Crippen molar-refractivity contribution in [1.82, 2.24) is 0 Å². The van der Waals surface area contributed by atoms with Gasteiger partial charge in [0.25, 0.3) is 0 Å². The zero-order valence-corrected chi connectivity index (χ0v) is 10.3. The van der Waals surface area contributed by atoms with Crippen molar-refractivity contribution < 1.29 is 14.0 Å². The Bertz CT molecular complexity index is 578. The fourth-order valence-corrected chi connectivity index (χ4v) is 2.02. The fraction of sp³-hybridized carbons (Fsp3) is 0.125. The molecule has 0 spiro atoms. The smallest absolute Gasteiger partial charge is 0.173 e. The molecule has 2 nitrogen and oxygen atoms in total. The standard InChI is InChI=1S/C16H13FO2/c17-15-9-5-4-8-14(15)16(19)13(10-11-18)12-6-2-1-3-7-12/h1-9,11,13H,10H2/t13-/m0/s1. The number of hydrogen-bond donors (Lipinski definition) is 0. The molecule has 0 saturated heterocycles. The van der Waals surface area contributed by atoms with Gasteiger partial charge in [-0.1, -0.05) is 42.5 Å². The topological polar surface area (TPSA) is 34.1 Å². The van der Waals surface area contributed by atoms with Gasteiger partial charge in [-0.15, -0.1) is 0 Å². The molecular weight excluding hydrogens is 243 g/mol. The number of ketones is 1. The summed E-state index contributed by atoms with van der Waals surface area (Å²) in [5.41, 5.74) is 0.751. The molecule has 0 aliphatic rings. The van der Waals surface area contributed by atoms with Crippen LogP contribution in [-0.4, -0.2) is 12.1 Å². The molecular formula is C16H13FO2. The molecule has 19 heavy (non-hydrogen) atoms. The molecule has 0 fully saturated rings. The monoisotopic (exact) mass is 256 g/mol. The quantitative estimate of drug-likeness (QED) is 0.607. The summed E-state index contributed by atoms with van der Waals surface area (Å²) in [7, 11) is 0. The average Bonchev–Trinajstić information content (AvgIpc) is 2.45. The lowest BCUT2D eigenvalue weighted by atomic mass is 9.88. The minimum absolute atomic E-state index is 0.0261. The number of halogens is 1. The highest BCUT2D eigenvalue weighted by molar-refractivity contribution is 6.02. The molecule has 0 aromatic heterocycles. The van der Waals surface area contributed by atoms with Gasteiger partial charge in [-0.05, 0) is 17.7 Å². The number of carbonyl (C=O) groups is 2. The maximum atomic E-state index is 13.6. The van der Waals surface area contributed by atoms with E-state index in [0.29, 0.717) is 6.29 Å². The molecule has 96 valence electrons. The van der Waals surface area contributed by atoms with Gasteiger partial charge in [0.2, 0.25) is 0 Å². The van der Waals surface area contributed by atoms with Gasteiger partial charge in [0.05, 0.1) is 11.5 Å². The van der Waals surface area contributed by atoms with Crippen molar-refractivity contribution in [3.63, 3.8) is 0 Å². The summed E-state index contributed by atoms with van der Waals surface area (Å²) >= 11 is 0. The molecule has 1 atom stereocenters. The third-order valence-electron chi connectivity index (χ3n) is 2.99. The number of aldehydes is 1. The second-order valence-corrected chi connectivity index (χ2v) is 4.21. The largest absolute Gasteiger partial charge is 0.303 e. The zero-order valence-electron chi connectivity index (χ0n) is 10.3. The number of carbonyl (C=O) groups excluding carboxylic acids is 2. The van der Waals surface area contributed by atoms with E-state index in [9.17, 15) is 14.0 Å². The highest BCUT2D eigenvalue weighted by atomic mass is 19.1. The maximum absolute atomic E-state index is 13.6. The van der Waals surface area contributed by atoms with E-state index in [2.05, 4.69) is 0 Å². The van der Waals surface area contributed by atoms with Crippen molar-refractivity contribution in [3.8, 4) is 0 Å². The van der Waals surface area contributed by atoms with Crippen LogP contribution in [0.2, 0.25) is 0 Å². The van der Waals surface area contributed by atoms with Gasteiger partial charge in [0.15, 0.2) is 5.78 Å². The van der Waals surface area contributed by atoms with E-state index in [-0.39, 0.29) is 17.8 Å². The summed E-state index contributed by atoms with van der Waals surface area (Å²) in [5.74, 6) is -1.55.